The molecule has 3 rings (SSSR count). The summed E-state index contributed by atoms with van der Waals surface area (Å²) in [6.07, 6.45) is 3.35. The first kappa shape index (κ1) is 12.7. The number of anilines is 1. The molecule has 0 N–H and O–H groups in total. The Morgan fingerprint density at radius 2 is 2.16 bits per heavy atom. The van der Waals surface area contributed by atoms with Crippen LogP contribution in [0.15, 0.2) is 34.4 Å². The van der Waals surface area contributed by atoms with Crippen LogP contribution in [0.1, 0.15) is 26.5 Å². The number of aromatic nitrogens is 1. The summed E-state index contributed by atoms with van der Waals surface area (Å²) in [7, 11) is 0. The van der Waals surface area contributed by atoms with Gasteiger partial charge in [-0.05, 0) is 32.9 Å². The third-order valence-corrected chi connectivity index (χ3v) is 5.41. The molecule has 1 atom stereocenters. The minimum absolute atomic E-state index is 0.0614. The number of hydrogen-bond acceptors (Lipinski definition) is 5. The average molecular weight is 294 g/mol. The Labute approximate surface area is 119 Å². The Morgan fingerprint density at radius 3 is 2.74 bits per heavy atom. The van der Waals surface area contributed by atoms with Crippen LogP contribution in [0.4, 0.5) is 5.13 Å². The van der Waals surface area contributed by atoms with Crippen LogP contribution in [0.5, 0.6) is 0 Å². The number of hydrogen-bond donors (Lipinski definition) is 0. The van der Waals surface area contributed by atoms with E-state index in [1.165, 1.54) is 11.3 Å². The van der Waals surface area contributed by atoms with E-state index in [-0.39, 0.29) is 5.91 Å². The lowest BCUT2D eigenvalue weighted by Crippen LogP contribution is -2.42. The Kier molecular flexibility index (Phi) is 2.76. The van der Waals surface area contributed by atoms with Gasteiger partial charge in [0.15, 0.2) is 10.0 Å². The van der Waals surface area contributed by atoms with Gasteiger partial charge in [-0.15, -0.1) is 23.1 Å². The monoisotopic (exact) mass is 294 g/mol. The van der Waals surface area contributed by atoms with Gasteiger partial charge in [-0.3, -0.25) is 9.69 Å². The maximum Gasteiger partial charge on any atom is 0.246 e. The van der Waals surface area contributed by atoms with Crippen molar-refractivity contribution in [3.8, 4) is 0 Å². The lowest BCUT2D eigenvalue weighted by Gasteiger charge is -2.30. The van der Waals surface area contributed by atoms with E-state index in [1.807, 2.05) is 38.3 Å². The molecule has 0 radical (unpaired) electrons. The number of nitrogens with zero attached hydrogens (tertiary/aromatic N) is 2. The van der Waals surface area contributed by atoms with Crippen molar-refractivity contribution in [2.24, 2.45) is 0 Å². The molecule has 0 spiro atoms. The second kappa shape index (κ2) is 4.11. The molecular weight excluding hydrogens is 280 g/mol. The van der Waals surface area contributed by atoms with E-state index in [2.05, 4.69) is 4.98 Å². The van der Waals surface area contributed by atoms with Gasteiger partial charge in [0.1, 0.15) is 5.76 Å². The molecule has 2 aromatic heterocycles. The van der Waals surface area contributed by atoms with Crippen LogP contribution < -0.4 is 4.90 Å². The zero-order valence-electron chi connectivity index (χ0n) is 10.9. The molecule has 1 aliphatic rings. The molecule has 0 bridgehead atoms. The van der Waals surface area contributed by atoms with Crippen LogP contribution in [0.2, 0.25) is 0 Å². The Balaban J connectivity index is 2.15. The lowest BCUT2D eigenvalue weighted by atomic mass is 10.1. The van der Waals surface area contributed by atoms with Crippen molar-refractivity contribution in [3.63, 3.8) is 0 Å². The molecule has 0 aromatic carbocycles. The van der Waals surface area contributed by atoms with Gasteiger partial charge in [-0.25, -0.2) is 4.98 Å². The molecule has 0 aliphatic carbocycles. The van der Waals surface area contributed by atoms with Crippen LogP contribution in [-0.2, 0) is 9.67 Å². The van der Waals surface area contributed by atoms with Crippen molar-refractivity contribution in [3.05, 3.63) is 35.7 Å². The second-order valence-electron chi connectivity index (χ2n) is 5.03. The maximum atomic E-state index is 12.7. The minimum Gasteiger partial charge on any atom is -0.466 e. The highest BCUT2D eigenvalue weighted by Crippen LogP contribution is 2.55. The Bertz CT molecular complexity index is 592. The van der Waals surface area contributed by atoms with E-state index in [1.54, 1.807) is 29.1 Å². The van der Waals surface area contributed by atoms with Crippen LogP contribution in [0, 0.1) is 0 Å². The first-order valence-corrected chi connectivity index (χ1v) is 7.63. The van der Waals surface area contributed by atoms with Crippen molar-refractivity contribution in [2.75, 3.05) is 4.90 Å². The summed E-state index contributed by atoms with van der Waals surface area (Å²) in [5.41, 5.74) is 0. The lowest BCUT2D eigenvalue weighted by molar-refractivity contribution is -0.120. The van der Waals surface area contributed by atoms with E-state index < -0.39 is 9.62 Å². The molecule has 3 heterocycles. The van der Waals surface area contributed by atoms with E-state index in [9.17, 15) is 4.79 Å². The quantitative estimate of drug-likeness (QED) is 0.851. The molecular formula is C13H14N2O2S2. The number of thiazole rings is 1. The molecule has 1 amide bonds. The number of amides is 1. The third kappa shape index (κ3) is 1.81. The smallest absolute Gasteiger partial charge is 0.246 e. The molecule has 1 fully saturated rings. The Morgan fingerprint density at radius 1 is 1.37 bits per heavy atom. The van der Waals surface area contributed by atoms with Gasteiger partial charge in [0.05, 0.1) is 11.0 Å². The van der Waals surface area contributed by atoms with Gasteiger partial charge in [0.2, 0.25) is 5.91 Å². The van der Waals surface area contributed by atoms with Crippen LogP contribution >= 0.6 is 23.1 Å². The zero-order chi connectivity index (χ0) is 13.7. The van der Waals surface area contributed by atoms with Crippen molar-refractivity contribution < 1.29 is 9.21 Å². The normalized spacial score (nSPS) is 26.1. The fourth-order valence-corrected chi connectivity index (χ4v) is 4.79. The number of rotatable bonds is 2. The number of carbonyl (C=O) groups is 1. The van der Waals surface area contributed by atoms with E-state index in [4.69, 9.17) is 4.42 Å². The van der Waals surface area contributed by atoms with Gasteiger partial charge < -0.3 is 4.42 Å². The van der Waals surface area contributed by atoms with Gasteiger partial charge >= 0.3 is 0 Å². The van der Waals surface area contributed by atoms with Crippen molar-refractivity contribution >= 4 is 34.1 Å². The molecule has 4 nitrogen and oxygen atoms in total. The van der Waals surface area contributed by atoms with Gasteiger partial charge in [-0.1, -0.05) is 0 Å². The van der Waals surface area contributed by atoms with Crippen LogP contribution in [0.3, 0.4) is 0 Å². The number of thioether (sulfide) groups is 1. The molecule has 1 aliphatic heterocycles. The Hall–Kier alpha value is -1.27. The van der Waals surface area contributed by atoms with Crippen LogP contribution in [0.25, 0.3) is 0 Å². The summed E-state index contributed by atoms with van der Waals surface area (Å²) < 4.78 is 5.06. The van der Waals surface area contributed by atoms with Gasteiger partial charge in [-0.2, -0.15) is 0 Å². The number of furan rings is 1. The SMILES string of the molecule is CC1(C)SC(C)(c2ccco2)N(c2nccs2)C1=O. The largest absolute Gasteiger partial charge is 0.466 e. The van der Waals surface area contributed by atoms with Gasteiger partial charge in [0.25, 0.3) is 0 Å². The number of carbonyl (C=O) groups excluding carboxylic acids is 1. The van der Waals surface area contributed by atoms with Crippen molar-refractivity contribution in [1.82, 2.24) is 4.98 Å². The average Bonchev–Trinajstić information content (AvgIpc) is 3.03. The second-order valence-corrected chi connectivity index (χ2v) is 7.92. The highest BCUT2D eigenvalue weighted by molar-refractivity contribution is 8.03. The fraction of sp³-hybridized carbons (Fsp3) is 0.385. The molecule has 100 valence electrons. The van der Waals surface area contributed by atoms with E-state index >= 15 is 0 Å². The van der Waals surface area contributed by atoms with Gasteiger partial charge in [0, 0.05) is 11.6 Å². The molecule has 0 saturated carbocycles. The predicted molar refractivity (Wildman–Crippen MR) is 77.3 cm³/mol. The van der Waals surface area contributed by atoms with Crippen LogP contribution in [-0.4, -0.2) is 15.6 Å². The van der Waals surface area contributed by atoms with Crippen molar-refractivity contribution in [2.45, 2.75) is 30.4 Å². The summed E-state index contributed by atoms with van der Waals surface area (Å²) in [5, 5.41) is 2.59. The first-order valence-electron chi connectivity index (χ1n) is 5.93. The maximum absolute atomic E-state index is 12.7. The molecule has 1 unspecified atom stereocenters. The molecule has 2 aromatic rings. The highest BCUT2D eigenvalue weighted by Gasteiger charge is 2.57. The molecule has 6 heteroatoms. The predicted octanol–water partition coefficient (Wildman–Crippen LogP) is 3.47. The summed E-state index contributed by atoms with van der Waals surface area (Å²) >= 11 is 3.05. The zero-order valence-corrected chi connectivity index (χ0v) is 12.5. The standard InChI is InChI=1S/C13H14N2O2S2/c1-12(2)10(16)15(11-14-6-8-18-11)13(3,19-12)9-5-4-7-17-9/h4-8H,1-3H3. The highest BCUT2D eigenvalue weighted by atomic mass is 32.2. The molecule has 1 saturated heterocycles. The summed E-state index contributed by atoms with van der Waals surface area (Å²) in [4.78, 5) is 18.2. The fourth-order valence-electron chi connectivity index (χ4n) is 2.35. The minimum atomic E-state index is -0.554. The third-order valence-electron chi connectivity index (χ3n) is 3.19. The summed E-state index contributed by atoms with van der Waals surface area (Å²) in [6, 6.07) is 3.75. The van der Waals surface area contributed by atoms with E-state index in [0.717, 1.165) is 5.76 Å². The topological polar surface area (TPSA) is 46.3 Å². The first-order chi connectivity index (χ1) is 8.95. The van der Waals surface area contributed by atoms with Crippen molar-refractivity contribution in [1.29, 1.82) is 0 Å². The van der Waals surface area contributed by atoms with E-state index in [0.29, 0.717) is 5.13 Å². The molecule has 19 heavy (non-hydrogen) atoms. The summed E-state index contributed by atoms with van der Waals surface area (Å²) in [5.74, 6) is 0.831. The summed E-state index contributed by atoms with van der Waals surface area (Å²) in [6.45, 7) is 5.88.